The first-order valence-electron chi connectivity index (χ1n) is 7.39. The Morgan fingerprint density at radius 2 is 2.05 bits per heavy atom. The Balaban J connectivity index is 1.94. The van der Waals surface area contributed by atoms with Crippen LogP contribution in [0.2, 0.25) is 0 Å². The molecule has 1 aromatic rings. The molecule has 0 radical (unpaired) electrons. The molecule has 1 aliphatic rings. The lowest BCUT2D eigenvalue weighted by atomic mass is 9.99. The zero-order valence-electron chi connectivity index (χ0n) is 12.5. The van der Waals surface area contributed by atoms with Gasteiger partial charge in [0.05, 0.1) is 4.90 Å². The monoisotopic (exact) mass is 312 g/mol. The van der Waals surface area contributed by atoms with Crippen LogP contribution in [-0.2, 0) is 16.4 Å². The first-order chi connectivity index (χ1) is 10.0. The molecule has 5 nitrogen and oxygen atoms in total. The largest absolute Gasteiger partial charge is 0.396 e. The summed E-state index contributed by atoms with van der Waals surface area (Å²) in [6.07, 6.45) is 2.74. The fraction of sp³-hybridized carbons (Fsp3) is 0.600. The van der Waals surface area contributed by atoms with Crippen molar-refractivity contribution in [3.63, 3.8) is 0 Å². The minimum absolute atomic E-state index is 0.0690. The molecule has 1 fully saturated rings. The Morgan fingerprint density at radius 1 is 1.33 bits per heavy atom. The molecule has 6 heteroatoms. The molecule has 21 heavy (non-hydrogen) atoms. The van der Waals surface area contributed by atoms with Crippen molar-refractivity contribution in [3.05, 3.63) is 29.8 Å². The molecule has 0 aromatic heterocycles. The third kappa shape index (κ3) is 4.78. The van der Waals surface area contributed by atoms with E-state index in [2.05, 4.69) is 16.7 Å². The minimum Gasteiger partial charge on any atom is -0.396 e. The van der Waals surface area contributed by atoms with E-state index in [4.69, 9.17) is 5.11 Å². The quantitative estimate of drug-likeness (QED) is 0.817. The smallest absolute Gasteiger partial charge is 0.240 e. The second kappa shape index (κ2) is 7.35. The zero-order chi connectivity index (χ0) is 15.3. The predicted molar refractivity (Wildman–Crippen MR) is 82.6 cm³/mol. The Bertz CT molecular complexity index is 543. The van der Waals surface area contributed by atoms with E-state index >= 15 is 0 Å². The van der Waals surface area contributed by atoms with E-state index in [1.54, 1.807) is 24.3 Å². The van der Waals surface area contributed by atoms with Crippen LogP contribution in [0, 0.1) is 5.92 Å². The van der Waals surface area contributed by atoms with Crippen LogP contribution in [0.5, 0.6) is 0 Å². The Kier molecular flexibility index (Phi) is 5.75. The number of hydrogen-bond acceptors (Lipinski definition) is 4. The van der Waals surface area contributed by atoms with E-state index in [-0.39, 0.29) is 11.5 Å². The molecule has 1 aromatic carbocycles. The van der Waals surface area contributed by atoms with Crippen LogP contribution in [0.3, 0.4) is 0 Å². The second-order valence-electron chi connectivity index (χ2n) is 5.74. The van der Waals surface area contributed by atoms with E-state index in [0.717, 1.165) is 31.5 Å². The average molecular weight is 312 g/mol. The second-order valence-corrected chi connectivity index (χ2v) is 7.51. The summed E-state index contributed by atoms with van der Waals surface area (Å²) in [5.74, 6) is 0.382. The fourth-order valence-electron chi connectivity index (χ4n) is 2.72. The summed E-state index contributed by atoms with van der Waals surface area (Å²) in [6, 6.07) is 6.69. The highest BCUT2D eigenvalue weighted by molar-refractivity contribution is 7.89. The van der Waals surface area contributed by atoms with Gasteiger partial charge in [-0.25, -0.2) is 13.1 Å². The minimum atomic E-state index is -3.44. The summed E-state index contributed by atoms with van der Waals surface area (Å²) in [5.41, 5.74) is 0.936. The summed E-state index contributed by atoms with van der Waals surface area (Å²) < 4.78 is 27.2. The van der Waals surface area contributed by atoms with Crippen molar-refractivity contribution in [2.75, 3.05) is 33.3 Å². The maximum Gasteiger partial charge on any atom is 0.240 e. The average Bonchev–Trinajstić information content (AvgIpc) is 2.46. The van der Waals surface area contributed by atoms with Gasteiger partial charge in [0, 0.05) is 19.7 Å². The maximum atomic E-state index is 12.3. The van der Waals surface area contributed by atoms with Crippen molar-refractivity contribution in [1.29, 1.82) is 0 Å². The molecule has 118 valence electrons. The molecular weight excluding hydrogens is 288 g/mol. The molecule has 0 bridgehead atoms. The Morgan fingerprint density at radius 3 is 2.67 bits per heavy atom. The highest BCUT2D eigenvalue weighted by Crippen LogP contribution is 2.16. The van der Waals surface area contributed by atoms with Crippen LogP contribution in [-0.4, -0.2) is 51.7 Å². The van der Waals surface area contributed by atoms with Gasteiger partial charge in [0.1, 0.15) is 0 Å². The number of hydrogen-bond donors (Lipinski definition) is 2. The molecular formula is C15H24N2O3S. The summed E-state index contributed by atoms with van der Waals surface area (Å²) in [4.78, 5) is 2.53. The third-order valence-electron chi connectivity index (χ3n) is 3.92. The molecule has 1 heterocycles. The first kappa shape index (κ1) is 16.4. The number of rotatable bonds is 6. The van der Waals surface area contributed by atoms with Gasteiger partial charge in [0.2, 0.25) is 10.0 Å². The van der Waals surface area contributed by atoms with Crippen molar-refractivity contribution in [3.8, 4) is 0 Å². The molecule has 0 spiro atoms. The number of benzene rings is 1. The number of nitrogens with one attached hydrogen (secondary N) is 1. The first-order valence-corrected chi connectivity index (χ1v) is 8.87. The topological polar surface area (TPSA) is 69.6 Å². The van der Waals surface area contributed by atoms with Crippen LogP contribution in [0.15, 0.2) is 29.2 Å². The van der Waals surface area contributed by atoms with E-state index in [9.17, 15) is 8.42 Å². The standard InChI is InChI=1S/C15H24N2O3S/c1-17-9-2-3-14(12-17)11-16-21(19,20)15-6-4-13(5-7-15)8-10-18/h4-7,14,16,18H,2-3,8-12H2,1H3. The number of aliphatic hydroxyl groups is 1. The van der Waals surface area contributed by atoms with Gasteiger partial charge in [0.15, 0.2) is 0 Å². The number of likely N-dealkylation sites (tertiary alicyclic amines) is 1. The summed E-state index contributed by atoms with van der Waals surface area (Å²) in [6.45, 7) is 2.60. The molecule has 2 N–H and O–H groups in total. The van der Waals surface area contributed by atoms with Gasteiger partial charge in [-0.1, -0.05) is 12.1 Å². The summed E-state index contributed by atoms with van der Waals surface area (Å²) in [5, 5.41) is 8.86. The maximum absolute atomic E-state index is 12.3. The van der Waals surface area contributed by atoms with Gasteiger partial charge in [-0.2, -0.15) is 0 Å². The van der Waals surface area contributed by atoms with Gasteiger partial charge in [0.25, 0.3) is 0 Å². The predicted octanol–water partition coefficient (Wildman–Crippen LogP) is 0.841. The summed E-state index contributed by atoms with van der Waals surface area (Å²) >= 11 is 0. The molecule has 1 aliphatic heterocycles. The summed E-state index contributed by atoms with van der Waals surface area (Å²) in [7, 11) is -1.37. The molecule has 0 saturated carbocycles. The van der Waals surface area contributed by atoms with Crippen molar-refractivity contribution < 1.29 is 13.5 Å². The molecule has 0 amide bonds. The van der Waals surface area contributed by atoms with Crippen LogP contribution >= 0.6 is 0 Å². The van der Waals surface area contributed by atoms with Crippen LogP contribution in [0.25, 0.3) is 0 Å². The highest BCUT2D eigenvalue weighted by atomic mass is 32.2. The molecule has 1 saturated heterocycles. The van der Waals surface area contributed by atoms with E-state index in [0.29, 0.717) is 18.9 Å². The van der Waals surface area contributed by atoms with Crippen molar-refractivity contribution in [1.82, 2.24) is 9.62 Å². The Labute approximate surface area is 127 Å². The zero-order valence-corrected chi connectivity index (χ0v) is 13.3. The third-order valence-corrected chi connectivity index (χ3v) is 5.36. The van der Waals surface area contributed by atoms with Crippen molar-refractivity contribution in [2.24, 2.45) is 5.92 Å². The number of piperidine rings is 1. The lowest BCUT2D eigenvalue weighted by Crippen LogP contribution is -2.39. The molecule has 2 rings (SSSR count). The van der Waals surface area contributed by atoms with Crippen LogP contribution < -0.4 is 4.72 Å². The van der Waals surface area contributed by atoms with E-state index < -0.39 is 10.0 Å². The molecule has 1 atom stereocenters. The number of nitrogens with zero attached hydrogens (tertiary/aromatic N) is 1. The normalized spacial score (nSPS) is 20.6. The van der Waals surface area contributed by atoms with Gasteiger partial charge in [-0.15, -0.1) is 0 Å². The lowest BCUT2D eigenvalue weighted by Gasteiger charge is -2.29. The van der Waals surface area contributed by atoms with Gasteiger partial charge in [-0.05, 0) is 56.5 Å². The van der Waals surface area contributed by atoms with Crippen molar-refractivity contribution >= 4 is 10.0 Å². The van der Waals surface area contributed by atoms with Gasteiger partial charge in [-0.3, -0.25) is 0 Å². The molecule has 1 unspecified atom stereocenters. The number of sulfonamides is 1. The number of aliphatic hydroxyl groups excluding tert-OH is 1. The van der Waals surface area contributed by atoms with Gasteiger partial charge >= 0.3 is 0 Å². The van der Waals surface area contributed by atoms with Crippen molar-refractivity contribution in [2.45, 2.75) is 24.2 Å². The molecule has 0 aliphatic carbocycles. The highest BCUT2D eigenvalue weighted by Gasteiger charge is 2.20. The fourth-order valence-corrected chi connectivity index (χ4v) is 3.83. The van der Waals surface area contributed by atoms with Crippen LogP contribution in [0.1, 0.15) is 18.4 Å². The van der Waals surface area contributed by atoms with Crippen LogP contribution in [0.4, 0.5) is 0 Å². The van der Waals surface area contributed by atoms with E-state index in [1.165, 1.54) is 0 Å². The lowest BCUT2D eigenvalue weighted by molar-refractivity contribution is 0.211. The SMILES string of the molecule is CN1CCCC(CNS(=O)(=O)c2ccc(CCO)cc2)C1. The van der Waals surface area contributed by atoms with Gasteiger partial charge < -0.3 is 10.0 Å². The Hall–Kier alpha value is -0.950. The van der Waals surface area contributed by atoms with E-state index in [1.807, 2.05) is 0 Å².